The van der Waals surface area contributed by atoms with Crippen molar-refractivity contribution in [2.45, 2.75) is 59.8 Å². The zero-order chi connectivity index (χ0) is 18.1. The first kappa shape index (κ1) is 20.2. The van der Waals surface area contributed by atoms with Crippen LogP contribution in [0.15, 0.2) is 18.2 Å². The lowest BCUT2D eigenvalue weighted by Crippen LogP contribution is -2.24. The number of fused-ring (bicyclic) bond motifs is 1. The normalized spacial score (nSPS) is 18.0. The molecule has 0 spiro atoms. The molecule has 4 heteroatoms. The Balaban J connectivity index is 0.000000671. The number of ether oxygens (including phenoxy) is 1. The molecule has 1 aromatic rings. The molecule has 2 aliphatic rings. The zero-order valence-corrected chi connectivity index (χ0v) is 15.6. The number of hydrogen-bond acceptors (Lipinski definition) is 3. The molecule has 1 fully saturated rings. The Kier molecular flexibility index (Phi) is 8.51. The van der Waals surface area contributed by atoms with E-state index in [1.165, 1.54) is 18.2 Å². The number of nitrogens with one attached hydrogen (secondary N) is 1. The van der Waals surface area contributed by atoms with Crippen LogP contribution in [0.5, 0.6) is 0 Å². The molecular weight excluding hydrogens is 302 g/mol. The summed E-state index contributed by atoms with van der Waals surface area (Å²) in [6, 6.07) is 5.99. The van der Waals surface area contributed by atoms with Gasteiger partial charge in [-0.1, -0.05) is 33.8 Å². The number of benzene rings is 1. The van der Waals surface area contributed by atoms with Gasteiger partial charge in [0.25, 0.3) is 0 Å². The molecule has 0 radical (unpaired) electrons. The summed E-state index contributed by atoms with van der Waals surface area (Å²) < 4.78 is 4.82. The Hall–Kier alpha value is -1.84. The highest BCUT2D eigenvalue weighted by Crippen LogP contribution is 2.32. The lowest BCUT2D eigenvalue weighted by Gasteiger charge is -2.23. The fourth-order valence-corrected chi connectivity index (χ4v) is 2.79. The SMILES string of the molecule is CC.CC.COC(=O)C1CCc2cc(NC(=O)C3CC3)ccc2C1. The van der Waals surface area contributed by atoms with E-state index in [1.807, 2.05) is 45.9 Å². The summed E-state index contributed by atoms with van der Waals surface area (Å²) in [5, 5.41) is 2.97. The number of carbonyl (C=O) groups excluding carboxylic acids is 2. The molecule has 134 valence electrons. The molecule has 1 saturated carbocycles. The molecule has 2 aliphatic carbocycles. The topological polar surface area (TPSA) is 55.4 Å². The van der Waals surface area contributed by atoms with Crippen LogP contribution in [0, 0.1) is 11.8 Å². The second kappa shape index (κ2) is 10.1. The van der Waals surface area contributed by atoms with Gasteiger partial charge in [-0.15, -0.1) is 0 Å². The highest BCUT2D eigenvalue weighted by atomic mass is 16.5. The molecule has 1 amide bonds. The summed E-state index contributed by atoms with van der Waals surface area (Å²) in [6.45, 7) is 8.00. The van der Waals surface area contributed by atoms with E-state index in [1.54, 1.807) is 0 Å². The molecule has 4 nitrogen and oxygen atoms in total. The van der Waals surface area contributed by atoms with Crippen LogP contribution in [0.4, 0.5) is 5.69 Å². The summed E-state index contributed by atoms with van der Waals surface area (Å²) >= 11 is 0. The van der Waals surface area contributed by atoms with Gasteiger partial charge >= 0.3 is 5.97 Å². The van der Waals surface area contributed by atoms with Crippen molar-refractivity contribution in [2.24, 2.45) is 11.8 Å². The number of esters is 1. The van der Waals surface area contributed by atoms with Crippen molar-refractivity contribution in [3.8, 4) is 0 Å². The minimum absolute atomic E-state index is 0.0283. The van der Waals surface area contributed by atoms with Crippen LogP contribution in [0.25, 0.3) is 0 Å². The fourth-order valence-electron chi connectivity index (χ4n) is 2.79. The Morgan fingerprint density at radius 3 is 2.25 bits per heavy atom. The number of carbonyl (C=O) groups is 2. The van der Waals surface area contributed by atoms with Gasteiger partial charge in [-0.25, -0.2) is 0 Å². The average molecular weight is 333 g/mol. The van der Waals surface area contributed by atoms with Crippen LogP contribution in [-0.2, 0) is 27.2 Å². The first-order chi connectivity index (χ1) is 11.7. The number of methoxy groups -OCH3 is 1. The lowest BCUT2D eigenvalue weighted by molar-refractivity contribution is -0.145. The molecule has 1 aromatic carbocycles. The first-order valence-corrected chi connectivity index (χ1v) is 9.18. The maximum absolute atomic E-state index is 11.8. The second-order valence-corrected chi connectivity index (χ2v) is 5.71. The van der Waals surface area contributed by atoms with Gasteiger partial charge in [0, 0.05) is 11.6 Å². The Morgan fingerprint density at radius 2 is 1.67 bits per heavy atom. The van der Waals surface area contributed by atoms with Crippen LogP contribution in [-0.4, -0.2) is 19.0 Å². The fraction of sp³-hybridized carbons (Fsp3) is 0.600. The summed E-state index contributed by atoms with van der Waals surface area (Å²) in [7, 11) is 1.44. The van der Waals surface area contributed by atoms with Crippen molar-refractivity contribution < 1.29 is 14.3 Å². The van der Waals surface area contributed by atoms with E-state index < -0.39 is 0 Å². The van der Waals surface area contributed by atoms with E-state index in [2.05, 4.69) is 5.32 Å². The molecule has 1 unspecified atom stereocenters. The van der Waals surface area contributed by atoms with Crippen LogP contribution in [0.2, 0.25) is 0 Å². The predicted octanol–water partition coefficient (Wildman–Crippen LogP) is 4.37. The van der Waals surface area contributed by atoms with Gasteiger partial charge in [0.05, 0.1) is 13.0 Å². The Labute approximate surface area is 146 Å². The number of hydrogen-bond donors (Lipinski definition) is 1. The maximum Gasteiger partial charge on any atom is 0.309 e. The van der Waals surface area contributed by atoms with Crippen molar-refractivity contribution >= 4 is 17.6 Å². The first-order valence-electron chi connectivity index (χ1n) is 9.18. The van der Waals surface area contributed by atoms with Crippen molar-refractivity contribution in [3.63, 3.8) is 0 Å². The van der Waals surface area contributed by atoms with E-state index in [4.69, 9.17) is 4.74 Å². The summed E-state index contributed by atoms with van der Waals surface area (Å²) in [5.74, 6) is 0.198. The van der Waals surface area contributed by atoms with E-state index >= 15 is 0 Å². The van der Waals surface area contributed by atoms with E-state index in [0.29, 0.717) is 0 Å². The Morgan fingerprint density at radius 1 is 1.00 bits per heavy atom. The molecule has 24 heavy (non-hydrogen) atoms. The smallest absolute Gasteiger partial charge is 0.309 e. The largest absolute Gasteiger partial charge is 0.469 e. The second-order valence-electron chi connectivity index (χ2n) is 5.71. The van der Waals surface area contributed by atoms with Crippen molar-refractivity contribution in [1.82, 2.24) is 0 Å². The molecule has 0 heterocycles. The van der Waals surface area contributed by atoms with Crippen molar-refractivity contribution in [3.05, 3.63) is 29.3 Å². The van der Waals surface area contributed by atoms with Gasteiger partial charge in [-0.2, -0.15) is 0 Å². The number of aryl methyl sites for hydroxylation is 1. The minimum atomic E-state index is -0.123. The van der Waals surface area contributed by atoms with Gasteiger partial charge < -0.3 is 10.1 Å². The highest BCUT2D eigenvalue weighted by Gasteiger charge is 2.30. The monoisotopic (exact) mass is 333 g/mol. The standard InChI is InChI=1S/C16H19NO3.2C2H6/c1-20-16(19)13-5-4-12-9-14(7-6-11(12)8-13)17-15(18)10-2-3-10;2*1-2/h6-7,9-10,13H,2-5,8H2,1H3,(H,17,18);2*1-2H3. The average Bonchev–Trinajstić information content (AvgIpc) is 3.49. The zero-order valence-electron chi connectivity index (χ0n) is 15.6. The number of rotatable bonds is 3. The highest BCUT2D eigenvalue weighted by molar-refractivity contribution is 5.94. The third-order valence-corrected chi connectivity index (χ3v) is 4.18. The molecule has 0 bridgehead atoms. The molecular formula is C20H31NO3. The van der Waals surface area contributed by atoms with Gasteiger partial charge in [-0.3, -0.25) is 9.59 Å². The van der Waals surface area contributed by atoms with E-state index in [-0.39, 0.29) is 23.7 Å². The number of amides is 1. The quantitative estimate of drug-likeness (QED) is 0.836. The molecule has 0 saturated heterocycles. The van der Waals surface area contributed by atoms with E-state index in [0.717, 1.165) is 37.8 Å². The predicted molar refractivity (Wildman–Crippen MR) is 98.0 cm³/mol. The summed E-state index contributed by atoms with van der Waals surface area (Å²) in [6.07, 6.45) is 4.44. The number of anilines is 1. The van der Waals surface area contributed by atoms with Crippen LogP contribution < -0.4 is 5.32 Å². The molecule has 1 N–H and O–H groups in total. The van der Waals surface area contributed by atoms with E-state index in [9.17, 15) is 9.59 Å². The van der Waals surface area contributed by atoms with Crippen LogP contribution >= 0.6 is 0 Å². The van der Waals surface area contributed by atoms with Gasteiger partial charge in [0.1, 0.15) is 0 Å². The molecule has 3 rings (SSSR count). The van der Waals surface area contributed by atoms with Gasteiger partial charge in [0.15, 0.2) is 0 Å². The third-order valence-electron chi connectivity index (χ3n) is 4.18. The van der Waals surface area contributed by atoms with Crippen LogP contribution in [0.1, 0.15) is 58.1 Å². The van der Waals surface area contributed by atoms with Crippen LogP contribution in [0.3, 0.4) is 0 Å². The lowest BCUT2D eigenvalue weighted by atomic mass is 9.84. The minimum Gasteiger partial charge on any atom is -0.469 e. The van der Waals surface area contributed by atoms with Crippen molar-refractivity contribution in [1.29, 1.82) is 0 Å². The molecule has 1 atom stereocenters. The molecule has 0 aliphatic heterocycles. The van der Waals surface area contributed by atoms with Crippen molar-refractivity contribution in [2.75, 3.05) is 12.4 Å². The maximum atomic E-state index is 11.8. The summed E-state index contributed by atoms with van der Waals surface area (Å²) in [5.41, 5.74) is 3.30. The van der Waals surface area contributed by atoms with Gasteiger partial charge in [-0.05, 0) is 55.4 Å². The third kappa shape index (κ3) is 5.36. The molecule has 0 aromatic heterocycles. The summed E-state index contributed by atoms with van der Waals surface area (Å²) in [4.78, 5) is 23.3. The van der Waals surface area contributed by atoms with Gasteiger partial charge in [0.2, 0.25) is 5.91 Å². The Bertz CT molecular complexity index is 550.